The van der Waals surface area contributed by atoms with Crippen molar-refractivity contribution in [1.82, 2.24) is 0 Å². The molecule has 3 aromatic rings. The molecule has 0 aliphatic carbocycles. The van der Waals surface area contributed by atoms with Gasteiger partial charge in [0.2, 0.25) is 6.79 Å². The fraction of sp³-hybridized carbons (Fsp3) is 0.167. The molecule has 1 unspecified atom stereocenters. The Morgan fingerprint density at radius 3 is 2.66 bits per heavy atom. The van der Waals surface area contributed by atoms with Gasteiger partial charge in [0, 0.05) is 11.8 Å². The lowest BCUT2D eigenvalue weighted by molar-refractivity contribution is -0.132. The third-order valence-electron chi connectivity index (χ3n) is 5.50. The minimum Gasteiger partial charge on any atom is -0.507 e. The summed E-state index contributed by atoms with van der Waals surface area (Å²) in [4.78, 5) is 27.6. The standard InChI is InChI=1S/C24H19NO7/c1-13-5-7-16(29-2)15(10-13)22(26)20-21(18-4-3-9-30-18)25(24(28)23(20)27)14-6-8-17-19(11-14)32-12-31-17/h3-11,21,26H,12H2,1-2H3/b22-20-. The molecule has 8 nitrogen and oxygen atoms in total. The van der Waals surface area contributed by atoms with E-state index in [9.17, 15) is 14.7 Å². The summed E-state index contributed by atoms with van der Waals surface area (Å²) in [7, 11) is 1.47. The lowest BCUT2D eigenvalue weighted by Crippen LogP contribution is -2.29. The molecule has 1 fully saturated rings. The van der Waals surface area contributed by atoms with E-state index in [0.717, 1.165) is 5.56 Å². The maximum atomic E-state index is 13.2. The first-order valence-electron chi connectivity index (χ1n) is 9.88. The van der Waals surface area contributed by atoms with Crippen molar-refractivity contribution in [2.24, 2.45) is 0 Å². The molecule has 1 amide bonds. The monoisotopic (exact) mass is 433 g/mol. The maximum Gasteiger partial charge on any atom is 0.300 e. The van der Waals surface area contributed by atoms with E-state index in [1.54, 1.807) is 42.5 Å². The number of carbonyl (C=O) groups excluding carboxylic acids is 2. The van der Waals surface area contributed by atoms with E-state index in [2.05, 4.69) is 0 Å². The van der Waals surface area contributed by atoms with Crippen LogP contribution in [-0.4, -0.2) is 30.7 Å². The highest BCUT2D eigenvalue weighted by Crippen LogP contribution is 2.45. The fourth-order valence-electron chi connectivity index (χ4n) is 4.00. The molecule has 0 radical (unpaired) electrons. The van der Waals surface area contributed by atoms with Crippen LogP contribution in [0.1, 0.15) is 22.9 Å². The second-order valence-electron chi connectivity index (χ2n) is 7.43. The number of hydrogen-bond donors (Lipinski definition) is 1. The van der Waals surface area contributed by atoms with Crippen LogP contribution in [0, 0.1) is 6.92 Å². The van der Waals surface area contributed by atoms with Crippen LogP contribution in [0.15, 0.2) is 64.8 Å². The zero-order chi connectivity index (χ0) is 22.4. The number of fused-ring (bicyclic) bond motifs is 1. The van der Waals surface area contributed by atoms with Gasteiger partial charge in [-0.05, 0) is 43.3 Å². The molecule has 1 saturated heterocycles. The fourth-order valence-corrected chi connectivity index (χ4v) is 4.00. The molecular weight excluding hydrogens is 414 g/mol. The molecule has 0 spiro atoms. The van der Waals surface area contributed by atoms with E-state index in [1.807, 2.05) is 13.0 Å². The molecule has 2 aliphatic rings. The van der Waals surface area contributed by atoms with Gasteiger partial charge in [0.1, 0.15) is 23.3 Å². The summed E-state index contributed by atoms with van der Waals surface area (Å²) in [6.07, 6.45) is 1.45. The zero-order valence-electron chi connectivity index (χ0n) is 17.3. The summed E-state index contributed by atoms with van der Waals surface area (Å²) in [5.41, 5.74) is 1.49. The molecular formula is C24H19NO7. The van der Waals surface area contributed by atoms with Crippen molar-refractivity contribution >= 4 is 23.1 Å². The minimum atomic E-state index is -0.976. The average Bonchev–Trinajstić information content (AvgIpc) is 3.53. The summed E-state index contributed by atoms with van der Waals surface area (Å²) in [6.45, 7) is 1.93. The van der Waals surface area contributed by atoms with E-state index in [4.69, 9.17) is 18.6 Å². The molecule has 162 valence electrons. The molecule has 3 heterocycles. The van der Waals surface area contributed by atoms with Gasteiger partial charge in [0.25, 0.3) is 11.7 Å². The Morgan fingerprint density at radius 1 is 1.09 bits per heavy atom. The number of aliphatic hydroxyl groups is 1. The van der Waals surface area contributed by atoms with Gasteiger partial charge in [-0.1, -0.05) is 11.6 Å². The normalized spacial score (nSPS) is 18.9. The number of ether oxygens (including phenoxy) is 3. The van der Waals surface area contributed by atoms with Crippen LogP contribution in [0.4, 0.5) is 5.69 Å². The quantitative estimate of drug-likeness (QED) is 0.378. The molecule has 0 bridgehead atoms. The van der Waals surface area contributed by atoms with Crippen molar-refractivity contribution in [2.75, 3.05) is 18.8 Å². The van der Waals surface area contributed by atoms with Gasteiger partial charge in [-0.2, -0.15) is 0 Å². The number of aryl methyl sites for hydroxylation is 1. The Kier molecular flexibility index (Phi) is 4.62. The number of rotatable bonds is 4. The number of furan rings is 1. The third kappa shape index (κ3) is 2.99. The predicted molar refractivity (Wildman–Crippen MR) is 114 cm³/mol. The summed E-state index contributed by atoms with van der Waals surface area (Å²) in [6, 6.07) is 12.5. The first-order valence-corrected chi connectivity index (χ1v) is 9.88. The molecule has 2 aliphatic heterocycles. The van der Waals surface area contributed by atoms with Crippen LogP contribution in [-0.2, 0) is 9.59 Å². The smallest absolute Gasteiger partial charge is 0.300 e. The van der Waals surface area contributed by atoms with Gasteiger partial charge in [-0.3, -0.25) is 14.5 Å². The molecule has 2 aromatic carbocycles. The molecule has 32 heavy (non-hydrogen) atoms. The van der Waals surface area contributed by atoms with Crippen molar-refractivity contribution < 1.29 is 33.3 Å². The van der Waals surface area contributed by atoms with E-state index in [1.165, 1.54) is 18.3 Å². The summed E-state index contributed by atoms with van der Waals surface area (Å²) in [5, 5.41) is 11.2. The topological polar surface area (TPSA) is 98.4 Å². The largest absolute Gasteiger partial charge is 0.507 e. The van der Waals surface area contributed by atoms with E-state index in [-0.39, 0.29) is 18.1 Å². The SMILES string of the molecule is COc1ccc(C)cc1/C(O)=C1/C(=O)C(=O)N(c2ccc3c(c2)OCO3)C1c1ccco1. The molecule has 1 aromatic heterocycles. The van der Waals surface area contributed by atoms with Crippen LogP contribution in [0.5, 0.6) is 17.2 Å². The first kappa shape index (κ1) is 19.7. The van der Waals surface area contributed by atoms with E-state index >= 15 is 0 Å². The number of amides is 1. The highest BCUT2D eigenvalue weighted by molar-refractivity contribution is 6.51. The lowest BCUT2D eigenvalue weighted by atomic mass is 9.97. The molecule has 1 N–H and O–H groups in total. The zero-order valence-corrected chi connectivity index (χ0v) is 17.3. The van der Waals surface area contributed by atoms with Crippen LogP contribution in [0.25, 0.3) is 5.76 Å². The van der Waals surface area contributed by atoms with Crippen molar-refractivity contribution in [3.05, 3.63) is 77.3 Å². The van der Waals surface area contributed by atoms with E-state index in [0.29, 0.717) is 34.3 Å². The third-order valence-corrected chi connectivity index (χ3v) is 5.50. The Morgan fingerprint density at radius 2 is 1.91 bits per heavy atom. The van der Waals surface area contributed by atoms with Gasteiger partial charge in [0.15, 0.2) is 11.5 Å². The summed E-state index contributed by atoms with van der Waals surface area (Å²) >= 11 is 0. The number of methoxy groups -OCH3 is 1. The Balaban J connectivity index is 1.71. The molecule has 0 saturated carbocycles. The number of Topliss-reactive ketones (excluding diaryl/α,β-unsaturated/α-hetero) is 1. The number of hydrogen-bond acceptors (Lipinski definition) is 7. The highest BCUT2D eigenvalue weighted by Gasteiger charge is 2.48. The Hall–Kier alpha value is -4.20. The number of aliphatic hydroxyl groups excluding tert-OH is 1. The van der Waals surface area contributed by atoms with Crippen molar-refractivity contribution in [2.45, 2.75) is 13.0 Å². The average molecular weight is 433 g/mol. The van der Waals surface area contributed by atoms with Crippen molar-refractivity contribution in [1.29, 1.82) is 0 Å². The predicted octanol–water partition coefficient (Wildman–Crippen LogP) is 3.95. The van der Waals surface area contributed by atoms with Gasteiger partial charge >= 0.3 is 0 Å². The number of benzene rings is 2. The Bertz CT molecular complexity index is 1260. The highest BCUT2D eigenvalue weighted by atomic mass is 16.7. The van der Waals surface area contributed by atoms with Gasteiger partial charge in [-0.25, -0.2) is 0 Å². The molecule has 1 atom stereocenters. The molecule has 5 rings (SSSR count). The van der Waals surface area contributed by atoms with Crippen LogP contribution < -0.4 is 19.1 Å². The van der Waals surface area contributed by atoms with Gasteiger partial charge in [-0.15, -0.1) is 0 Å². The van der Waals surface area contributed by atoms with Crippen LogP contribution in [0.3, 0.4) is 0 Å². The number of anilines is 1. The summed E-state index contributed by atoms with van der Waals surface area (Å²) in [5.74, 6) is -0.250. The lowest BCUT2D eigenvalue weighted by Gasteiger charge is -2.23. The summed E-state index contributed by atoms with van der Waals surface area (Å²) < 4.78 is 21.7. The minimum absolute atomic E-state index is 0.0758. The Labute approximate surface area is 183 Å². The number of nitrogens with zero attached hydrogens (tertiary/aromatic N) is 1. The first-order chi connectivity index (χ1) is 15.5. The van der Waals surface area contributed by atoms with Crippen LogP contribution in [0.2, 0.25) is 0 Å². The van der Waals surface area contributed by atoms with Gasteiger partial charge in [0.05, 0.1) is 24.5 Å². The second kappa shape index (κ2) is 7.49. The van der Waals surface area contributed by atoms with Crippen LogP contribution >= 0.6 is 0 Å². The number of ketones is 1. The van der Waals surface area contributed by atoms with E-state index < -0.39 is 17.7 Å². The van der Waals surface area contributed by atoms with Crippen molar-refractivity contribution in [3.63, 3.8) is 0 Å². The number of carbonyl (C=O) groups is 2. The maximum absolute atomic E-state index is 13.2. The van der Waals surface area contributed by atoms with Crippen molar-refractivity contribution in [3.8, 4) is 17.2 Å². The van der Waals surface area contributed by atoms with Gasteiger partial charge < -0.3 is 23.7 Å². The molecule has 8 heteroatoms. The second-order valence-corrected chi connectivity index (χ2v) is 7.43.